The van der Waals surface area contributed by atoms with E-state index in [1.165, 1.54) is 24.3 Å². The number of halogens is 4. The lowest BCUT2D eigenvalue weighted by atomic mass is 9.98. The van der Waals surface area contributed by atoms with Gasteiger partial charge in [-0.25, -0.2) is 13.2 Å². The van der Waals surface area contributed by atoms with Crippen LogP contribution in [-0.2, 0) is 0 Å². The van der Waals surface area contributed by atoms with E-state index in [0.29, 0.717) is 22.1 Å². The van der Waals surface area contributed by atoms with E-state index in [4.69, 9.17) is 0 Å². The molecule has 21 heavy (non-hydrogen) atoms. The first-order chi connectivity index (χ1) is 10.0. The minimum absolute atomic E-state index is 0.294. The minimum Gasteiger partial charge on any atom is -0.306 e. The molecule has 0 spiro atoms. The number of rotatable bonds is 5. The molecule has 0 fully saturated rings. The van der Waals surface area contributed by atoms with E-state index in [1.54, 1.807) is 6.07 Å². The first kappa shape index (κ1) is 16.0. The lowest BCUT2D eigenvalue weighted by molar-refractivity contribution is 0.530. The lowest BCUT2D eigenvalue weighted by Gasteiger charge is -2.20. The maximum atomic E-state index is 14.0. The van der Waals surface area contributed by atoms with Gasteiger partial charge < -0.3 is 5.32 Å². The van der Waals surface area contributed by atoms with Crippen LogP contribution in [0.25, 0.3) is 0 Å². The van der Waals surface area contributed by atoms with Crippen LogP contribution < -0.4 is 5.32 Å². The fraction of sp³-hybridized carbons (Fsp3) is 0.250. The van der Waals surface area contributed by atoms with Gasteiger partial charge in [0.05, 0.1) is 6.04 Å². The van der Waals surface area contributed by atoms with Crippen LogP contribution in [0.4, 0.5) is 13.2 Å². The highest BCUT2D eigenvalue weighted by Gasteiger charge is 2.19. The second kappa shape index (κ2) is 7.09. The third-order valence-corrected chi connectivity index (χ3v) is 3.55. The second-order valence-electron chi connectivity index (χ2n) is 4.76. The summed E-state index contributed by atoms with van der Waals surface area (Å²) in [5, 5.41) is 3.17. The van der Waals surface area contributed by atoms with Gasteiger partial charge in [0.2, 0.25) is 0 Å². The van der Waals surface area contributed by atoms with E-state index in [0.717, 1.165) is 12.5 Å². The van der Waals surface area contributed by atoms with Gasteiger partial charge in [-0.2, -0.15) is 0 Å². The summed E-state index contributed by atoms with van der Waals surface area (Å²) in [5.41, 5.74) is 0.878. The molecule has 0 aromatic heterocycles. The van der Waals surface area contributed by atoms with Crippen LogP contribution in [0, 0.1) is 17.5 Å². The van der Waals surface area contributed by atoms with Gasteiger partial charge >= 0.3 is 0 Å². The highest BCUT2D eigenvalue weighted by molar-refractivity contribution is 9.10. The Morgan fingerprint density at radius 3 is 2.43 bits per heavy atom. The Balaban J connectivity index is 2.46. The molecule has 1 nitrogen and oxygen atoms in total. The zero-order valence-electron chi connectivity index (χ0n) is 11.5. The van der Waals surface area contributed by atoms with Crippen molar-refractivity contribution in [2.45, 2.75) is 19.4 Å². The third kappa shape index (κ3) is 4.08. The van der Waals surface area contributed by atoms with Crippen molar-refractivity contribution in [2.75, 3.05) is 6.54 Å². The summed E-state index contributed by atoms with van der Waals surface area (Å²) in [6.45, 7) is 2.61. The SMILES string of the molecule is CCCNC(c1cc(F)cc(Br)c1)c1ccc(F)cc1F. The Bertz CT molecular complexity index is 611. The molecule has 1 unspecified atom stereocenters. The Hall–Kier alpha value is -1.33. The fourth-order valence-corrected chi connectivity index (χ4v) is 2.66. The van der Waals surface area contributed by atoms with E-state index in [-0.39, 0.29) is 0 Å². The van der Waals surface area contributed by atoms with Gasteiger partial charge in [-0.1, -0.05) is 28.9 Å². The molecule has 0 aliphatic rings. The number of hydrogen-bond donors (Lipinski definition) is 1. The highest BCUT2D eigenvalue weighted by Crippen LogP contribution is 2.28. The Morgan fingerprint density at radius 2 is 1.81 bits per heavy atom. The van der Waals surface area contributed by atoms with Crippen LogP contribution >= 0.6 is 15.9 Å². The Labute approximate surface area is 130 Å². The van der Waals surface area contributed by atoms with Crippen LogP contribution in [0.15, 0.2) is 40.9 Å². The van der Waals surface area contributed by atoms with Crippen LogP contribution in [0.5, 0.6) is 0 Å². The molecule has 1 atom stereocenters. The zero-order valence-corrected chi connectivity index (χ0v) is 13.1. The van der Waals surface area contributed by atoms with E-state index in [2.05, 4.69) is 21.2 Å². The molecule has 0 bridgehead atoms. The second-order valence-corrected chi connectivity index (χ2v) is 5.67. The van der Waals surface area contributed by atoms with Crippen LogP contribution in [0.2, 0.25) is 0 Å². The van der Waals surface area contributed by atoms with Crippen LogP contribution in [-0.4, -0.2) is 6.54 Å². The van der Waals surface area contributed by atoms with Gasteiger partial charge in [-0.15, -0.1) is 0 Å². The molecule has 2 aromatic carbocycles. The van der Waals surface area contributed by atoms with Crippen molar-refractivity contribution in [1.82, 2.24) is 5.32 Å². The largest absolute Gasteiger partial charge is 0.306 e. The van der Waals surface area contributed by atoms with Crippen molar-refractivity contribution in [2.24, 2.45) is 0 Å². The van der Waals surface area contributed by atoms with Crippen LogP contribution in [0.1, 0.15) is 30.5 Å². The summed E-state index contributed by atoms with van der Waals surface area (Å²) in [7, 11) is 0. The predicted molar refractivity (Wildman–Crippen MR) is 80.6 cm³/mol. The van der Waals surface area contributed by atoms with Crippen molar-refractivity contribution < 1.29 is 13.2 Å². The minimum atomic E-state index is -0.649. The number of benzene rings is 2. The first-order valence-corrected chi connectivity index (χ1v) is 7.45. The molecule has 0 aliphatic carbocycles. The van der Waals surface area contributed by atoms with Crippen LogP contribution in [0.3, 0.4) is 0 Å². The van der Waals surface area contributed by atoms with Gasteiger partial charge in [0.1, 0.15) is 17.5 Å². The smallest absolute Gasteiger partial charge is 0.131 e. The highest BCUT2D eigenvalue weighted by atomic mass is 79.9. The van der Waals surface area contributed by atoms with E-state index >= 15 is 0 Å². The summed E-state index contributed by atoms with van der Waals surface area (Å²) in [4.78, 5) is 0. The molecule has 0 aliphatic heterocycles. The first-order valence-electron chi connectivity index (χ1n) is 6.65. The van der Waals surface area contributed by atoms with Gasteiger partial charge in [-0.3, -0.25) is 0 Å². The monoisotopic (exact) mass is 357 g/mol. The fourth-order valence-electron chi connectivity index (χ4n) is 2.17. The number of hydrogen-bond acceptors (Lipinski definition) is 1. The molecular formula is C16H15BrF3N. The molecule has 0 saturated carbocycles. The lowest BCUT2D eigenvalue weighted by Crippen LogP contribution is -2.24. The summed E-state index contributed by atoms with van der Waals surface area (Å²) >= 11 is 3.23. The molecule has 1 N–H and O–H groups in total. The molecule has 112 valence electrons. The van der Waals surface area contributed by atoms with Crippen molar-refractivity contribution >= 4 is 15.9 Å². The Morgan fingerprint density at radius 1 is 1.05 bits per heavy atom. The average molecular weight is 358 g/mol. The summed E-state index contributed by atoms with van der Waals surface area (Å²) in [6, 6.07) is 7.30. The molecule has 5 heteroatoms. The maximum Gasteiger partial charge on any atom is 0.131 e. The van der Waals surface area contributed by atoms with Crippen molar-refractivity contribution in [3.05, 3.63) is 69.4 Å². The summed E-state index contributed by atoms with van der Waals surface area (Å²) < 4.78 is 41.2. The molecule has 2 aromatic rings. The number of nitrogens with one attached hydrogen (secondary N) is 1. The third-order valence-electron chi connectivity index (χ3n) is 3.09. The standard InChI is InChI=1S/C16H15BrF3N/c1-2-5-21-16(10-6-11(17)8-13(19)7-10)14-4-3-12(18)9-15(14)20/h3-4,6-9,16,21H,2,5H2,1H3. The average Bonchev–Trinajstić information content (AvgIpc) is 2.40. The van der Waals surface area contributed by atoms with E-state index < -0.39 is 23.5 Å². The van der Waals surface area contributed by atoms with E-state index in [1.807, 2.05) is 6.92 Å². The molecule has 0 radical (unpaired) electrons. The van der Waals surface area contributed by atoms with Crippen molar-refractivity contribution in [3.63, 3.8) is 0 Å². The van der Waals surface area contributed by atoms with Gasteiger partial charge in [0.25, 0.3) is 0 Å². The predicted octanol–water partition coefficient (Wildman–Crippen LogP) is 4.96. The van der Waals surface area contributed by atoms with Gasteiger partial charge in [0, 0.05) is 16.1 Å². The molecule has 2 rings (SSSR count). The normalized spacial score (nSPS) is 12.4. The topological polar surface area (TPSA) is 12.0 Å². The molecule has 0 heterocycles. The molecule has 0 amide bonds. The van der Waals surface area contributed by atoms with Crippen molar-refractivity contribution in [3.8, 4) is 0 Å². The van der Waals surface area contributed by atoms with Gasteiger partial charge in [0.15, 0.2) is 0 Å². The zero-order chi connectivity index (χ0) is 15.4. The van der Waals surface area contributed by atoms with Crippen molar-refractivity contribution in [1.29, 1.82) is 0 Å². The maximum absolute atomic E-state index is 14.0. The molecule has 0 saturated heterocycles. The Kier molecular flexibility index (Phi) is 5.42. The van der Waals surface area contributed by atoms with Gasteiger partial charge in [-0.05, 0) is 42.8 Å². The van der Waals surface area contributed by atoms with E-state index in [9.17, 15) is 13.2 Å². The summed E-state index contributed by atoms with van der Waals surface area (Å²) in [5.74, 6) is -1.69. The molecular weight excluding hydrogens is 343 g/mol. The quantitative estimate of drug-likeness (QED) is 0.797. The summed E-state index contributed by atoms with van der Waals surface area (Å²) in [6.07, 6.45) is 0.843.